The van der Waals surface area contributed by atoms with Gasteiger partial charge in [0.2, 0.25) is 5.91 Å². The van der Waals surface area contributed by atoms with Crippen LogP contribution in [0.1, 0.15) is 65.3 Å². The summed E-state index contributed by atoms with van der Waals surface area (Å²) in [6.45, 7) is 5.91. The Labute approximate surface area is 182 Å². The summed E-state index contributed by atoms with van der Waals surface area (Å²) in [5.41, 5.74) is 0.664. The van der Waals surface area contributed by atoms with E-state index in [0.29, 0.717) is 16.1 Å². The molecule has 4 fully saturated rings. The van der Waals surface area contributed by atoms with Crippen molar-refractivity contribution in [2.45, 2.75) is 81.3 Å². The zero-order valence-electron chi connectivity index (χ0n) is 18.1. The molecule has 160 valence electrons. The fourth-order valence-corrected chi connectivity index (χ4v) is 7.54. The van der Waals surface area contributed by atoms with Crippen LogP contribution in [0.5, 0.6) is 0 Å². The number of nitrogens with zero attached hydrogens (tertiary/aromatic N) is 2. The molecule has 1 atom stereocenters. The van der Waals surface area contributed by atoms with Crippen molar-refractivity contribution >= 4 is 28.6 Å². The number of aromatic nitrogens is 2. The van der Waals surface area contributed by atoms with Crippen molar-refractivity contribution in [3.63, 3.8) is 0 Å². The molecule has 1 N–H and O–H groups in total. The van der Waals surface area contributed by atoms with Gasteiger partial charge in [0.05, 0.1) is 16.2 Å². The molecule has 0 radical (unpaired) electrons. The van der Waals surface area contributed by atoms with Crippen molar-refractivity contribution < 1.29 is 4.79 Å². The Morgan fingerprint density at radius 3 is 2.30 bits per heavy atom. The van der Waals surface area contributed by atoms with E-state index in [1.807, 2.05) is 45.0 Å². The Kier molecular flexibility index (Phi) is 4.96. The van der Waals surface area contributed by atoms with Gasteiger partial charge in [0.15, 0.2) is 5.16 Å². The Morgan fingerprint density at radius 1 is 1.10 bits per heavy atom. The molecule has 1 amide bonds. The monoisotopic (exact) mass is 425 g/mol. The Morgan fingerprint density at radius 2 is 1.70 bits per heavy atom. The highest BCUT2D eigenvalue weighted by atomic mass is 32.2. The highest BCUT2D eigenvalue weighted by molar-refractivity contribution is 8.00. The van der Waals surface area contributed by atoms with E-state index in [-0.39, 0.29) is 28.3 Å². The van der Waals surface area contributed by atoms with Gasteiger partial charge < -0.3 is 5.32 Å². The third-order valence-corrected chi connectivity index (χ3v) is 8.44. The standard InChI is InChI=1S/C24H31N3O2S/c1-14(2)27-22(29)19-6-4-5-7-20(19)25-23(27)30-15(3)21(28)26-24-11-16-8-17(12-24)10-18(9-16)13-24/h4-7,14-18H,8-13H2,1-3H3,(H,26,28)/t15-,16?,17?,18?,24?/m1/s1. The summed E-state index contributed by atoms with van der Waals surface area (Å²) in [5.74, 6) is 2.48. The molecule has 6 heteroatoms. The van der Waals surface area contributed by atoms with E-state index in [0.717, 1.165) is 37.0 Å². The van der Waals surface area contributed by atoms with Crippen LogP contribution in [0.15, 0.2) is 34.2 Å². The van der Waals surface area contributed by atoms with Crippen molar-refractivity contribution in [2.24, 2.45) is 17.8 Å². The van der Waals surface area contributed by atoms with Crippen molar-refractivity contribution in [3.05, 3.63) is 34.6 Å². The highest BCUT2D eigenvalue weighted by Gasteiger charge is 2.51. The van der Waals surface area contributed by atoms with Crippen LogP contribution in [-0.2, 0) is 4.79 Å². The van der Waals surface area contributed by atoms with E-state index >= 15 is 0 Å². The lowest BCUT2D eigenvalue weighted by molar-refractivity contribution is -0.126. The van der Waals surface area contributed by atoms with Crippen LogP contribution in [0.2, 0.25) is 0 Å². The van der Waals surface area contributed by atoms with E-state index in [1.165, 1.54) is 31.0 Å². The maximum atomic E-state index is 13.2. The molecule has 4 aliphatic rings. The van der Waals surface area contributed by atoms with Gasteiger partial charge in [0.25, 0.3) is 5.56 Å². The highest BCUT2D eigenvalue weighted by Crippen LogP contribution is 2.55. The van der Waals surface area contributed by atoms with Gasteiger partial charge in [-0.2, -0.15) is 0 Å². The molecule has 5 nitrogen and oxygen atoms in total. The van der Waals surface area contributed by atoms with Gasteiger partial charge in [-0.25, -0.2) is 4.98 Å². The van der Waals surface area contributed by atoms with Crippen molar-refractivity contribution in [3.8, 4) is 0 Å². The number of benzene rings is 1. The number of amides is 1. The zero-order valence-corrected chi connectivity index (χ0v) is 18.9. The SMILES string of the molecule is CC(C)n1c(S[C@H](C)C(=O)NC23CC4CC(CC(C4)C2)C3)nc2ccccc2c1=O. The molecule has 30 heavy (non-hydrogen) atoms. The first kappa shape index (κ1) is 20.1. The number of hydrogen-bond donors (Lipinski definition) is 1. The fraction of sp³-hybridized carbons (Fsp3) is 0.625. The average molecular weight is 426 g/mol. The fourth-order valence-electron chi connectivity index (χ4n) is 6.50. The quantitative estimate of drug-likeness (QED) is 0.564. The molecule has 0 spiro atoms. The van der Waals surface area contributed by atoms with Gasteiger partial charge in [-0.1, -0.05) is 23.9 Å². The summed E-state index contributed by atoms with van der Waals surface area (Å²) in [6, 6.07) is 7.43. The number of carbonyl (C=O) groups excluding carboxylic acids is 1. The number of fused-ring (bicyclic) bond motifs is 1. The third kappa shape index (κ3) is 3.47. The van der Waals surface area contributed by atoms with Gasteiger partial charge >= 0.3 is 0 Å². The molecule has 1 aromatic carbocycles. The molecule has 0 unspecified atom stereocenters. The summed E-state index contributed by atoms with van der Waals surface area (Å²) in [5, 5.41) is 4.43. The molecule has 4 saturated carbocycles. The summed E-state index contributed by atoms with van der Waals surface area (Å²) >= 11 is 1.40. The zero-order chi connectivity index (χ0) is 21.0. The second-order valence-electron chi connectivity index (χ2n) is 10.1. The topological polar surface area (TPSA) is 64.0 Å². The van der Waals surface area contributed by atoms with Gasteiger partial charge in [-0.3, -0.25) is 14.2 Å². The Balaban J connectivity index is 1.38. The van der Waals surface area contributed by atoms with Crippen LogP contribution in [0.3, 0.4) is 0 Å². The minimum atomic E-state index is -0.295. The lowest BCUT2D eigenvalue weighted by Crippen LogP contribution is -2.60. The second kappa shape index (κ2) is 7.40. The van der Waals surface area contributed by atoms with Crippen LogP contribution in [0, 0.1) is 17.8 Å². The number of rotatable bonds is 5. The Hall–Kier alpha value is -1.82. The van der Waals surface area contributed by atoms with E-state index in [9.17, 15) is 9.59 Å². The predicted molar refractivity (Wildman–Crippen MR) is 121 cm³/mol. The molecule has 1 heterocycles. The van der Waals surface area contributed by atoms with Gasteiger partial charge in [-0.15, -0.1) is 0 Å². The summed E-state index contributed by atoms with van der Waals surface area (Å²) in [6.07, 6.45) is 7.52. The summed E-state index contributed by atoms with van der Waals surface area (Å²) in [4.78, 5) is 31.0. The summed E-state index contributed by atoms with van der Waals surface area (Å²) in [7, 11) is 0. The minimum Gasteiger partial charge on any atom is -0.350 e. The number of hydrogen-bond acceptors (Lipinski definition) is 4. The number of para-hydroxylation sites is 1. The van der Waals surface area contributed by atoms with Crippen molar-refractivity contribution in [1.29, 1.82) is 0 Å². The third-order valence-electron chi connectivity index (χ3n) is 7.37. The van der Waals surface area contributed by atoms with E-state index in [2.05, 4.69) is 5.32 Å². The number of thioether (sulfide) groups is 1. The smallest absolute Gasteiger partial charge is 0.262 e. The molecule has 4 aliphatic carbocycles. The second-order valence-corrected chi connectivity index (χ2v) is 11.4. The van der Waals surface area contributed by atoms with Gasteiger partial charge in [0.1, 0.15) is 0 Å². The molecule has 1 aromatic heterocycles. The first-order valence-corrected chi connectivity index (χ1v) is 12.2. The maximum absolute atomic E-state index is 13.2. The Bertz CT molecular complexity index is 1010. The van der Waals surface area contributed by atoms with Crippen LogP contribution in [-0.4, -0.2) is 26.2 Å². The molecular weight excluding hydrogens is 394 g/mol. The van der Waals surface area contributed by atoms with Crippen molar-refractivity contribution in [2.75, 3.05) is 0 Å². The van der Waals surface area contributed by atoms with Crippen LogP contribution in [0.25, 0.3) is 10.9 Å². The molecular formula is C24H31N3O2S. The summed E-state index contributed by atoms with van der Waals surface area (Å²) < 4.78 is 1.72. The average Bonchev–Trinajstić information content (AvgIpc) is 2.66. The van der Waals surface area contributed by atoms with E-state index in [4.69, 9.17) is 4.98 Å². The largest absolute Gasteiger partial charge is 0.350 e. The minimum absolute atomic E-state index is 0.00911. The van der Waals surface area contributed by atoms with Gasteiger partial charge in [0, 0.05) is 11.6 Å². The number of nitrogens with one attached hydrogen (secondary N) is 1. The lowest BCUT2D eigenvalue weighted by atomic mass is 9.53. The predicted octanol–water partition coefficient (Wildman–Crippen LogP) is 4.54. The van der Waals surface area contributed by atoms with Crippen LogP contribution < -0.4 is 10.9 Å². The number of carbonyl (C=O) groups is 1. The normalized spacial score (nSPS) is 30.7. The van der Waals surface area contributed by atoms with E-state index < -0.39 is 0 Å². The van der Waals surface area contributed by atoms with Crippen molar-refractivity contribution in [1.82, 2.24) is 14.9 Å². The molecule has 6 rings (SSSR count). The first-order valence-electron chi connectivity index (χ1n) is 11.3. The molecule has 2 aromatic rings. The molecule has 0 aliphatic heterocycles. The lowest BCUT2D eigenvalue weighted by Gasteiger charge is -2.57. The van der Waals surface area contributed by atoms with Gasteiger partial charge in [-0.05, 0) is 89.2 Å². The van der Waals surface area contributed by atoms with Crippen LogP contribution in [0.4, 0.5) is 0 Å². The molecule has 0 saturated heterocycles. The maximum Gasteiger partial charge on any atom is 0.262 e. The van der Waals surface area contributed by atoms with Crippen LogP contribution >= 0.6 is 11.8 Å². The van der Waals surface area contributed by atoms with E-state index in [1.54, 1.807) is 4.57 Å². The first-order chi connectivity index (χ1) is 14.3. The molecule has 4 bridgehead atoms.